The van der Waals surface area contributed by atoms with Crippen molar-refractivity contribution < 1.29 is 20.4 Å². The number of aliphatic hydroxyl groups is 2. The number of hydroxylamine groups is 2. The largest absolute Gasteiger partial charge is 0.629 e. The molecule has 1 atom stereocenters. The number of rotatable bonds is 3. The molecule has 0 bridgehead atoms. The average Bonchev–Trinajstić information content (AvgIpc) is 2.28. The van der Waals surface area contributed by atoms with Crippen LogP contribution in [0.4, 0.5) is 0 Å². The van der Waals surface area contributed by atoms with E-state index >= 15 is 0 Å². The van der Waals surface area contributed by atoms with Gasteiger partial charge in [0.1, 0.15) is 11.9 Å². The highest BCUT2D eigenvalue weighted by atomic mass is 16.5. The number of nitrogens with one attached hydrogen (secondary N) is 1. The number of aliphatic hydroxyl groups excluding tert-OH is 2. The zero-order valence-electron chi connectivity index (χ0n) is 10.8. The predicted molar refractivity (Wildman–Crippen MR) is 68.7 cm³/mol. The lowest BCUT2D eigenvalue weighted by molar-refractivity contribution is -0.845. The number of phenols is 1. The number of hydrogen-bond donors (Lipinski definition) is 4. The lowest BCUT2D eigenvalue weighted by Crippen LogP contribution is -3.10. The first-order chi connectivity index (χ1) is 8.25. The molecular weight excluding hydrogens is 234 g/mol. The Morgan fingerprint density at radius 1 is 1.39 bits per heavy atom. The Labute approximate surface area is 106 Å². The normalized spacial score (nSPS) is 14.6. The molecule has 0 fully saturated rings. The molecule has 1 unspecified atom stereocenters. The smallest absolute Gasteiger partial charge is 0.176 e. The third-order valence-electron chi connectivity index (χ3n) is 2.55. The maximum absolute atomic E-state index is 11.7. The summed E-state index contributed by atoms with van der Waals surface area (Å²) in [6, 6.07) is 4.29. The Hall–Kier alpha value is -1.56. The molecule has 18 heavy (non-hydrogen) atoms. The van der Waals surface area contributed by atoms with Gasteiger partial charge >= 0.3 is 0 Å². The second-order valence-electron chi connectivity index (χ2n) is 5.15. The molecule has 5 heteroatoms. The Morgan fingerprint density at radius 2 is 2.00 bits per heavy atom. The fourth-order valence-corrected chi connectivity index (χ4v) is 1.30. The van der Waals surface area contributed by atoms with Crippen molar-refractivity contribution in [3.05, 3.63) is 40.7 Å². The molecular formula is C13H19NO4. The number of aromatic hydroxyl groups is 1. The lowest BCUT2D eigenvalue weighted by atomic mass is 10.1. The summed E-state index contributed by atoms with van der Waals surface area (Å²) in [5.74, 6) is -0.221. The first-order valence-corrected chi connectivity index (χ1v) is 5.64. The minimum atomic E-state index is -0.565. The highest BCUT2D eigenvalue weighted by molar-refractivity contribution is 5.59. The summed E-state index contributed by atoms with van der Waals surface area (Å²) in [7, 11) is 0. The van der Waals surface area contributed by atoms with Gasteiger partial charge in [-0.1, -0.05) is 0 Å². The van der Waals surface area contributed by atoms with Crippen LogP contribution in [-0.4, -0.2) is 20.9 Å². The Kier molecular flexibility index (Phi) is 4.34. The van der Waals surface area contributed by atoms with Crippen molar-refractivity contribution in [3.63, 3.8) is 0 Å². The van der Waals surface area contributed by atoms with Crippen molar-refractivity contribution in [1.29, 1.82) is 0 Å². The van der Waals surface area contributed by atoms with E-state index in [1.54, 1.807) is 20.8 Å². The van der Waals surface area contributed by atoms with Crippen LogP contribution in [0.2, 0.25) is 0 Å². The zero-order valence-corrected chi connectivity index (χ0v) is 10.8. The van der Waals surface area contributed by atoms with Gasteiger partial charge in [0, 0.05) is 11.1 Å². The molecule has 100 valence electrons. The number of benzene rings is 1. The van der Waals surface area contributed by atoms with Gasteiger partial charge in [-0.15, -0.1) is 0 Å². The lowest BCUT2D eigenvalue weighted by Gasteiger charge is -2.32. The topological polar surface area (TPSA) is 88.2 Å². The first-order valence-electron chi connectivity index (χ1n) is 5.64. The molecule has 0 aliphatic carbocycles. The molecule has 4 N–H and O–H groups in total. The fourth-order valence-electron chi connectivity index (χ4n) is 1.30. The van der Waals surface area contributed by atoms with Crippen LogP contribution < -0.4 is 5.06 Å². The van der Waals surface area contributed by atoms with Crippen molar-refractivity contribution in [1.82, 2.24) is 0 Å². The van der Waals surface area contributed by atoms with Crippen LogP contribution in [-0.2, 0) is 6.61 Å². The van der Waals surface area contributed by atoms with E-state index in [0.29, 0.717) is 11.1 Å². The van der Waals surface area contributed by atoms with Crippen molar-refractivity contribution in [2.75, 3.05) is 0 Å². The molecule has 1 rings (SSSR count). The van der Waals surface area contributed by atoms with Gasteiger partial charge in [0.15, 0.2) is 5.76 Å². The van der Waals surface area contributed by atoms with E-state index in [1.807, 2.05) is 0 Å². The van der Waals surface area contributed by atoms with E-state index in [-0.39, 0.29) is 23.2 Å². The highest BCUT2D eigenvalue weighted by Crippen LogP contribution is 2.21. The quantitative estimate of drug-likeness (QED) is 0.476. The summed E-state index contributed by atoms with van der Waals surface area (Å²) in [5, 5.41) is 39.8. The van der Waals surface area contributed by atoms with Gasteiger partial charge < -0.3 is 25.6 Å². The molecule has 0 saturated carbocycles. The van der Waals surface area contributed by atoms with E-state index in [2.05, 4.69) is 0 Å². The van der Waals surface area contributed by atoms with Crippen LogP contribution in [0.25, 0.3) is 5.76 Å². The minimum Gasteiger partial charge on any atom is -0.629 e. The summed E-state index contributed by atoms with van der Waals surface area (Å²) < 4.78 is 0. The van der Waals surface area contributed by atoms with Gasteiger partial charge in [-0.2, -0.15) is 0 Å². The summed E-state index contributed by atoms with van der Waals surface area (Å²) in [5.41, 5.74) is 0.121. The van der Waals surface area contributed by atoms with Crippen LogP contribution in [0, 0.1) is 5.21 Å². The second-order valence-corrected chi connectivity index (χ2v) is 5.15. The van der Waals surface area contributed by atoms with Crippen molar-refractivity contribution in [2.24, 2.45) is 0 Å². The first kappa shape index (κ1) is 14.5. The van der Waals surface area contributed by atoms with Gasteiger partial charge in [0.05, 0.1) is 12.1 Å². The summed E-state index contributed by atoms with van der Waals surface area (Å²) in [4.78, 5) is 0. The van der Waals surface area contributed by atoms with Crippen LogP contribution in [0.5, 0.6) is 5.75 Å². The highest BCUT2D eigenvalue weighted by Gasteiger charge is 2.17. The van der Waals surface area contributed by atoms with Gasteiger partial charge in [-0.05, 0) is 39.0 Å². The monoisotopic (exact) mass is 253 g/mol. The van der Waals surface area contributed by atoms with Gasteiger partial charge in [0.25, 0.3) is 0 Å². The van der Waals surface area contributed by atoms with Crippen LogP contribution in [0.3, 0.4) is 0 Å². The van der Waals surface area contributed by atoms with Crippen LogP contribution in [0.1, 0.15) is 31.9 Å². The molecule has 1 aromatic carbocycles. The van der Waals surface area contributed by atoms with Gasteiger partial charge in [-0.3, -0.25) is 0 Å². The van der Waals surface area contributed by atoms with E-state index < -0.39 is 5.54 Å². The van der Waals surface area contributed by atoms with E-state index in [4.69, 9.17) is 5.11 Å². The molecule has 5 nitrogen and oxygen atoms in total. The molecule has 0 heterocycles. The molecule has 0 aliphatic heterocycles. The predicted octanol–water partition coefficient (Wildman–Crippen LogP) is 0.922. The summed E-state index contributed by atoms with van der Waals surface area (Å²) in [6.45, 7) is 4.94. The number of hydrogen-bond acceptors (Lipinski definition) is 4. The Balaban J connectivity index is 3.04. The molecule has 0 aliphatic rings. The van der Waals surface area contributed by atoms with Gasteiger partial charge in [0.2, 0.25) is 0 Å². The molecule has 0 aromatic heterocycles. The molecule has 1 aromatic rings. The third-order valence-corrected chi connectivity index (χ3v) is 2.55. The van der Waals surface area contributed by atoms with Gasteiger partial charge in [-0.25, -0.2) is 0 Å². The zero-order chi connectivity index (χ0) is 13.9. The van der Waals surface area contributed by atoms with E-state index in [1.165, 1.54) is 18.2 Å². The van der Waals surface area contributed by atoms with E-state index in [9.17, 15) is 15.4 Å². The SMILES string of the molecule is CC(C)(C)[NH+]([O-])/C=C(\O)c1ccc(O)c(CO)c1. The fraction of sp³-hybridized carbons (Fsp3) is 0.385. The maximum Gasteiger partial charge on any atom is 0.176 e. The Bertz CT molecular complexity index is 449. The van der Waals surface area contributed by atoms with Crippen molar-refractivity contribution in [2.45, 2.75) is 32.9 Å². The average molecular weight is 253 g/mol. The summed E-state index contributed by atoms with van der Waals surface area (Å²) in [6.07, 6.45) is 1.16. The van der Waals surface area contributed by atoms with E-state index in [0.717, 1.165) is 6.20 Å². The van der Waals surface area contributed by atoms with Crippen LogP contribution >= 0.6 is 0 Å². The number of quaternary nitrogens is 1. The molecule has 0 radical (unpaired) electrons. The molecule has 0 amide bonds. The minimum absolute atomic E-state index is 0.0452. The second kappa shape index (κ2) is 5.39. The maximum atomic E-state index is 11.7. The van der Waals surface area contributed by atoms with Crippen molar-refractivity contribution >= 4 is 5.76 Å². The van der Waals surface area contributed by atoms with Crippen LogP contribution in [0.15, 0.2) is 24.4 Å². The molecule has 0 spiro atoms. The molecule has 0 saturated heterocycles. The standard InChI is InChI=1S/C13H19NO4/c1-13(2,3)14(18)7-12(17)9-4-5-11(16)10(6-9)8-15/h4-7,14-17H,8H2,1-3H3/b12-7-. The van der Waals surface area contributed by atoms with Crippen molar-refractivity contribution in [3.8, 4) is 5.75 Å². The summed E-state index contributed by atoms with van der Waals surface area (Å²) >= 11 is 0. The third kappa shape index (κ3) is 3.46. The Morgan fingerprint density at radius 3 is 2.50 bits per heavy atom.